The minimum absolute atomic E-state index is 0.736. The number of nitrogens with two attached hydrogens (primary N) is 1. The first-order chi connectivity index (χ1) is 9.15. The maximum absolute atomic E-state index is 6.19. The predicted molar refractivity (Wildman–Crippen MR) is 78.3 cm³/mol. The van der Waals surface area contributed by atoms with Crippen LogP contribution < -0.4 is 5.73 Å². The van der Waals surface area contributed by atoms with Crippen LogP contribution in [0.2, 0.25) is 0 Å². The Hall–Kier alpha value is -2.29. The van der Waals surface area contributed by atoms with Crippen molar-refractivity contribution in [3.63, 3.8) is 0 Å². The van der Waals surface area contributed by atoms with Gasteiger partial charge in [0.25, 0.3) is 0 Å². The Kier molecular flexibility index (Phi) is 2.75. The number of imidazole rings is 1. The molecule has 0 amide bonds. The third kappa shape index (κ3) is 2.08. The lowest BCUT2D eigenvalue weighted by atomic mass is 10.1. The van der Waals surface area contributed by atoms with Crippen molar-refractivity contribution in [3.05, 3.63) is 65.0 Å². The van der Waals surface area contributed by atoms with E-state index in [9.17, 15) is 0 Å². The van der Waals surface area contributed by atoms with Crippen LogP contribution in [0.4, 0.5) is 5.82 Å². The molecule has 2 N–H and O–H groups in total. The second-order valence-electron chi connectivity index (χ2n) is 4.99. The summed E-state index contributed by atoms with van der Waals surface area (Å²) in [6.07, 6.45) is 2.74. The Morgan fingerprint density at radius 2 is 2.00 bits per heavy atom. The molecule has 2 heterocycles. The summed E-state index contributed by atoms with van der Waals surface area (Å²) in [7, 11) is 0. The van der Waals surface area contributed by atoms with Crippen molar-refractivity contribution in [2.45, 2.75) is 20.3 Å². The van der Waals surface area contributed by atoms with Crippen molar-refractivity contribution >= 4 is 11.5 Å². The van der Waals surface area contributed by atoms with Gasteiger partial charge in [-0.3, -0.25) is 4.40 Å². The molecule has 0 radical (unpaired) electrons. The minimum Gasteiger partial charge on any atom is -0.383 e. The summed E-state index contributed by atoms with van der Waals surface area (Å²) in [5.41, 5.74) is 11.7. The zero-order valence-electron chi connectivity index (χ0n) is 11.2. The molecule has 3 nitrogen and oxygen atoms in total. The Morgan fingerprint density at radius 3 is 2.74 bits per heavy atom. The Balaban J connectivity index is 2.06. The summed E-state index contributed by atoms with van der Waals surface area (Å²) >= 11 is 0. The van der Waals surface area contributed by atoms with Crippen molar-refractivity contribution in [1.29, 1.82) is 0 Å². The van der Waals surface area contributed by atoms with E-state index in [1.54, 1.807) is 0 Å². The van der Waals surface area contributed by atoms with Gasteiger partial charge in [0, 0.05) is 12.6 Å². The van der Waals surface area contributed by atoms with Gasteiger partial charge in [0.05, 0.1) is 5.69 Å². The lowest BCUT2D eigenvalue weighted by molar-refractivity contribution is 1.11. The summed E-state index contributed by atoms with van der Waals surface area (Å²) in [5, 5.41) is 0. The smallest absolute Gasteiger partial charge is 0.141 e. The third-order valence-electron chi connectivity index (χ3n) is 3.41. The standard InChI is InChI=1S/C16H17N3/c1-11-5-3-7-13(9-11)10-14-15(17)19-8-4-6-12(2)16(19)18-14/h3-9H,10,17H2,1-2H3. The van der Waals surface area contributed by atoms with Crippen LogP contribution in [-0.2, 0) is 6.42 Å². The van der Waals surface area contributed by atoms with E-state index in [1.165, 1.54) is 11.1 Å². The third-order valence-corrected chi connectivity index (χ3v) is 3.41. The molecule has 0 aliphatic rings. The lowest BCUT2D eigenvalue weighted by Gasteiger charge is -2.01. The topological polar surface area (TPSA) is 43.3 Å². The van der Waals surface area contributed by atoms with Crippen LogP contribution in [0.25, 0.3) is 5.65 Å². The van der Waals surface area contributed by atoms with E-state index in [2.05, 4.69) is 49.2 Å². The molecule has 3 heteroatoms. The molecule has 0 saturated carbocycles. The number of hydrogen-bond donors (Lipinski definition) is 1. The number of anilines is 1. The lowest BCUT2D eigenvalue weighted by Crippen LogP contribution is -1.97. The fraction of sp³-hybridized carbons (Fsp3) is 0.188. The van der Waals surface area contributed by atoms with E-state index < -0.39 is 0 Å². The molecular formula is C16H17N3. The predicted octanol–water partition coefficient (Wildman–Crippen LogP) is 3.12. The summed E-state index contributed by atoms with van der Waals surface area (Å²) < 4.78 is 1.96. The fourth-order valence-corrected chi connectivity index (χ4v) is 2.41. The van der Waals surface area contributed by atoms with Crippen LogP contribution in [0.15, 0.2) is 42.6 Å². The molecule has 0 fully saturated rings. The second-order valence-corrected chi connectivity index (χ2v) is 4.99. The maximum atomic E-state index is 6.19. The average molecular weight is 251 g/mol. The number of nitrogen functional groups attached to an aromatic ring is 1. The molecule has 19 heavy (non-hydrogen) atoms. The summed E-state index contributed by atoms with van der Waals surface area (Å²) in [5.74, 6) is 0.736. The van der Waals surface area contributed by atoms with Crippen molar-refractivity contribution in [2.24, 2.45) is 0 Å². The number of hydrogen-bond acceptors (Lipinski definition) is 2. The molecule has 2 aromatic heterocycles. The molecule has 0 aliphatic heterocycles. The van der Waals surface area contributed by atoms with Gasteiger partial charge < -0.3 is 5.73 Å². The van der Waals surface area contributed by atoms with Gasteiger partial charge in [0.1, 0.15) is 11.5 Å². The number of fused-ring (bicyclic) bond motifs is 1. The number of aromatic nitrogens is 2. The molecule has 0 saturated heterocycles. The van der Waals surface area contributed by atoms with Gasteiger partial charge in [-0.2, -0.15) is 0 Å². The van der Waals surface area contributed by atoms with Gasteiger partial charge >= 0.3 is 0 Å². The van der Waals surface area contributed by atoms with E-state index in [4.69, 9.17) is 5.73 Å². The first-order valence-electron chi connectivity index (χ1n) is 6.43. The SMILES string of the molecule is Cc1cccc(Cc2nc3c(C)cccn3c2N)c1. The molecule has 0 unspecified atom stereocenters. The van der Waals surface area contributed by atoms with E-state index in [0.29, 0.717) is 0 Å². The largest absolute Gasteiger partial charge is 0.383 e. The van der Waals surface area contributed by atoms with Crippen molar-refractivity contribution < 1.29 is 0 Å². The number of pyridine rings is 1. The van der Waals surface area contributed by atoms with Crippen LogP contribution in [0, 0.1) is 13.8 Å². The first-order valence-corrected chi connectivity index (χ1v) is 6.43. The summed E-state index contributed by atoms with van der Waals surface area (Å²) in [4.78, 5) is 4.67. The quantitative estimate of drug-likeness (QED) is 0.760. The number of aryl methyl sites for hydroxylation is 2. The maximum Gasteiger partial charge on any atom is 0.141 e. The van der Waals surface area contributed by atoms with Gasteiger partial charge in [-0.15, -0.1) is 0 Å². The zero-order chi connectivity index (χ0) is 13.4. The normalized spacial score (nSPS) is 11.1. The Morgan fingerprint density at radius 1 is 1.16 bits per heavy atom. The molecule has 0 bridgehead atoms. The highest BCUT2D eigenvalue weighted by Gasteiger charge is 2.10. The minimum atomic E-state index is 0.736. The summed E-state index contributed by atoms with van der Waals surface area (Å²) in [6.45, 7) is 4.15. The molecule has 0 atom stereocenters. The van der Waals surface area contributed by atoms with Gasteiger partial charge in [-0.1, -0.05) is 35.9 Å². The van der Waals surface area contributed by atoms with E-state index in [-0.39, 0.29) is 0 Å². The molecule has 1 aromatic carbocycles. The van der Waals surface area contributed by atoms with Crippen molar-refractivity contribution in [3.8, 4) is 0 Å². The van der Waals surface area contributed by atoms with E-state index in [0.717, 1.165) is 29.1 Å². The van der Waals surface area contributed by atoms with Gasteiger partial charge in [-0.25, -0.2) is 4.98 Å². The fourth-order valence-electron chi connectivity index (χ4n) is 2.41. The van der Waals surface area contributed by atoms with Crippen LogP contribution in [0.5, 0.6) is 0 Å². The van der Waals surface area contributed by atoms with Crippen LogP contribution >= 0.6 is 0 Å². The number of nitrogens with zero attached hydrogens (tertiary/aromatic N) is 2. The number of benzene rings is 1. The zero-order valence-corrected chi connectivity index (χ0v) is 11.2. The summed E-state index contributed by atoms with van der Waals surface area (Å²) in [6, 6.07) is 12.5. The highest BCUT2D eigenvalue weighted by atomic mass is 15.1. The van der Waals surface area contributed by atoms with Gasteiger partial charge in [0.2, 0.25) is 0 Å². The van der Waals surface area contributed by atoms with Crippen LogP contribution in [0.3, 0.4) is 0 Å². The molecule has 3 rings (SSSR count). The van der Waals surface area contributed by atoms with Gasteiger partial charge in [0.15, 0.2) is 0 Å². The molecule has 3 aromatic rings. The molecule has 0 spiro atoms. The van der Waals surface area contributed by atoms with Crippen LogP contribution in [0.1, 0.15) is 22.4 Å². The Bertz CT molecular complexity index is 741. The highest BCUT2D eigenvalue weighted by molar-refractivity contribution is 5.57. The number of rotatable bonds is 2. The second kappa shape index (κ2) is 4.43. The van der Waals surface area contributed by atoms with E-state index >= 15 is 0 Å². The first kappa shape index (κ1) is 11.8. The van der Waals surface area contributed by atoms with Crippen molar-refractivity contribution in [1.82, 2.24) is 9.38 Å². The molecular weight excluding hydrogens is 234 g/mol. The van der Waals surface area contributed by atoms with Gasteiger partial charge in [-0.05, 0) is 31.0 Å². The Labute approximate surface area is 112 Å². The van der Waals surface area contributed by atoms with Crippen molar-refractivity contribution in [2.75, 3.05) is 5.73 Å². The highest BCUT2D eigenvalue weighted by Crippen LogP contribution is 2.20. The average Bonchev–Trinajstić information content (AvgIpc) is 2.69. The van der Waals surface area contributed by atoms with Crippen LogP contribution in [-0.4, -0.2) is 9.38 Å². The molecule has 96 valence electrons. The van der Waals surface area contributed by atoms with E-state index in [1.807, 2.05) is 16.7 Å². The molecule has 0 aliphatic carbocycles. The monoisotopic (exact) mass is 251 g/mol.